The Kier molecular flexibility index (Phi) is 5.75. The molecule has 2 saturated heterocycles. The molecule has 0 saturated carbocycles. The molecule has 6 nitrogen and oxygen atoms in total. The molecule has 2 aliphatic rings. The Morgan fingerprint density at radius 1 is 1.15 bits per heavy atom. The van der Waals surface area contributed by atoms with Crippen LogP contribution in [0.3, 0.4) is 0 Å². The van der Waals surface area contributed by atoms with Crippen LogP contribution in [0.4, 0.5) is 0 Å². The second-order valence-corrected chi connectivity index (χ2v) is 7.26. The molecule has 27 heavy (non-hydrogen) atoms. The van der Waals surface area contributed by atoms with Gasteiger partial charge in [0.2, 0.25) is 5.91 Å². The Balaban J connectivity index is 1.34. The van der Waals surface area contributed by atoms with Crippen LogP contribution < -0.4 is 0 Å². The molecule has 4 heterocycles. The molecule has 0 radical (unpaired) electrons. The molecule has 0 aromatic carbocycles. The van der Waals surface area contributed by atoms with Gasteiger partial charge in [0.05, 0.1) is 12.3 Å². The average molecular weight is 366 g/mol. The summed E-state index contributed by atoms with van der Waals surface area (Å²) in [5.74, 6) is 0.610. The van der Waals surface area contributed by atoms with E-state index >= 15 is 0 Å². The second kappa shape index (κ2) is 8.59. The summed E-state index contributed by atoms with van der Waals surface area (Å²) in [6.07, 6.45) is 9.24. The van der Waals surface area contributed by atoms with Crippen LogP contribution in [0.2, 0.25) is 0 Å². The van der Waals surface area contributed by atoms with E-state index in [4.69, 9.17) is 4.84 Å². The fourth-order valence-electron chi connectivity index (χ4n) is 3.84. The van der Waals surface area contributed by atoms with Crippen LogP contribution >= 0.6 is 0 Å². The van der Waals surface area contributed by atoms with Crippen molar-refractivity contribution in [3.05, 3.63) is 48.4 Å². The van der Waals surface area contributed by atoms with Crippen LogP contribution in [0, 0.1) is 0 Å². The minimum atomic E-state index is 0.232. The van der Waals surface area contributed by atoms with Crippen LogP contribution in [0.15, 0.2) is 42.9 Å². The van der Waals surface area contributed by atoms with Gasteiger partial charge in [-0.3, -0.25) is 19.6 Å². The summed E-state index contributed by atoms with van der Waals surface area (Å²) in [6, 6.07) is 8.17. The molecule has 2 aliphatic heterocycles. The summed E-state index contributed by atoms with van der Waals surface area (Å²) in [5, 5.41) is 1.94. The molecule has 1 atom stereocenters. The Morgan fingerprint density at radius 2 is 2.04 bits per heavy atom. The highest BCUT2D eigenvalue weighted by Gasteiger charge is 2.27. The van der Waals surface area contributed by atoms with E-state index in [0.29, 0.717) is 18.9 Å². The molecule has 0 aliphatic carbocycles. The van der Waals surface area contributed by atoms with Gasteiger partial charge >= 0.3 is 0 Å². The van der Waals surface area contributed by atoms with Gasteiger partial charge in [-0.05, 0) is 49.1 Å². The van der Waals surface area contributed by atoms with E-state index in [1.807, 2.05) is 28.3 Å². The summed E-state index contributed by atoms with van der Waals surface area (Å²) >= 11 is 0. The molecule has 0 unspecified atom stereocenters. The van der Waals surface area contributed by atoms with Crippen molar-refractivity contribution in [2.45, 2.75) is 31.6 Å². The monoisotopic (exact) mass is 366 g/mol. The smallest absolute Gasteiger partial charge is 0.223 e. The van der Waals surface area contributed by atoms with Gasteiger partial charge < -0.3 is 4.90 Å². The fraction of sp³-hybridized carbons (Fsp3) is 0.476. The number of aromatic nitrogens is 2. The lowest BCUT2D eigenvalue weighted by atomic mass is 9.97. The van der Waals surface area contributed by atoms with Crippen molar-refractivity contribution in [3.8, 4) is 11.3 Å². The number of hydrogen-bond acceptors (Lipinski definition) is 5. The molecule has 2 fully saturated rings. The lowest BCUT2D eigenvalue weighted by Gasteiger charge is -2.26. The van der Waals surface area contributed by atoms with Gasteiger partial charge in [0.1, 0.15) is 0 Å². The Bertz CT molecular complexity index is 762. The number of nitrogens with zero attached hydrogens (tertiary/aromatic N) is 4. The van der Waals surface area contributed by atoms with Crippen LogP contribution in [0.1, 0.15) is 37.2 Å². The molecule has 2 aromatic rings. The Labute approximate surface area is 160 Å². The minimum Gasteiger partial charge on any atom is -0.342 e. The maximum Gasteiger partial charge on any atom is 0.223 e. The van der Waals surface area contributed by atoms with Crippen molar-refractivity contribution < 1.29 is 9.63 Å². The van der Waals surface area contributed by atoms with Crippen LogP contribution in [-0.4, -0.2) is 58.6 Å². The first-order valence-electron chi connectivity index (χ1n) is 9.81. The number of carbonyl (C=O) groups is 1. The highest BCUT2D eigenvalue weighted by Crippen LogP contribution is 2.29. The van der Waals surface area contributed by atoms with Gasteiger partial charge in [-0.15, -0.1) is 0 Å². The predicted molar refractivity (Wildman–Crippen MR) is 103 cm³/mol. The van der Waals surface area contributed by atoms with Crippen molar-refractivity contribution in [2.75, 3.05) is 32.8 Å². The first kappa shape index (κ1) is 18.1. The maximum absolute atomic E-state index is 12.6. The average Bonchev–Trinajstić information content (AvgIpc) is 3.24. The number of amides is 1. The molecule has 0 N–H and O–H groups in total. The van der Waals surface area contributed by atoms with Gasteiger partial charge in [-0.25, -0.2) is 0 Å². The van der Waals surface area contributed by atoms with Crippen molar-refractivity contribution in [2.24, 2.45) is 0 Å². The predicted octanol–water partition coefficient (Wildman–Crippen LogP) is 2.88. The number of carbonyl (C=O) groups excluding carboxylic acids is 1. The van der Waals surface area contributed by atoms with Crippen molar-refractivity contribution in [3.63, 3.8) is 0 Å². The van der Waals surface area contributed by atoms with Gasteiger partial charge in [0.25, 0.3) is 0 Å². The molecule has 142 valence electrons. The molecule has 0 bridgehead atoms. The Morgan fingerprint density at radius 3 is 2.85 bits per heavy atom. The third-order valence-corrected chi connectivity index (χ3v) is 5.42. The third kappa shape index (κ3) is 4.51. The number of hydroxylamine groups is 2. The molecule has 4 rings (SSSR count). The van der Waals surface area contributed by atoms with Crippen molar-refractivity contribution in [1.82, 2.24) is 19.9 Å². The van der Waals surface area contributed by atoms with Gasteiger partial charge in [-0.2, -0.15) is 5.06 Å². The fourth-order valence-corrected chi connectivity index (χ4v) is 3.84. The highest BCUT2D eigenvalue weighted by molar-refractivity contribution is 5.76. The number of rotatable bonds is 5. The summed E-state index contributed by atoms with van der Waals surface area (Å²) < 4.78 is 0. The zero-order valence-corrected chi connectivity index (χ0v) is 15.6. The van der Waals surface area contributed by atoms with Gasteiger partial charge in [-0.1, -0.05) is 0 Å². The second-order valence-electron chi connectivity index (χ2n) is 7.26. The Hall–Kier alpha value is -2.31. The highest BCUT2D eigenvalue weighted by atomic mass is 16.7. The van der Waals surface area contributed by atoms with Crippen LogP contribution in [0.25, 0.3) is 11.3 Å². The first-order valence-corrected chi connectivity index (χ1v) is 9.81. The largest absolute Gasteiger partial charge is 0.342 e. The zero-order chi connectivity index (χ0) is 18.5. The lowest BCUT2D eigenvalue weighted by Crippen LogP contribution is -2.35. The molecule has 1 amide bonds. The van der Waals surface area contributed by atoms with E-state index in [9.17, 15) is 4.79 Å². The maximum atomic E-state index is 12.6. The quantitative estimate of drug-likeness (QED) is 0.814. The van der Waals surface area contributed by atoms with Crippen molar-refractivity contribution in [1.29, 1.82) is 0 Å². The van der Waals surface area contributed by atoms with E-state index in [-0.39, 0.29) is 5.91 Å². The number of pyridine rings is 2. The van der Waals surface area contributed by atoms with Gasteiger partial charge in [0, 0.05) is 62.7 Å². The lowest BCUT2D eigenvalue weighted by molar-refractivity contribution is -0.182. The number of likely N-dealkylation sites (tertiary alicyclic amines) is 1. The van der Waals surface area contributed by atoms with E-state index in [1.54, 1.807) is 12.4 Å². The SMILES string of the molecule is O=C(CCN1CCCCO1)N1CC[C@H](c2ccnc(-c3ccncc3)c2)C1. The van der Waals surface area contributed by atoms with E-state index in [2.05, 4.69) is 22.1 Å². The van der Waals surface area contributed by atoms with Crippen molar-refractivity contribution >= 4 is 5.91 Å². The summed E-state index contributed by atoms with van der Waals surface area (Å²) in [4.78, 5) is 28.7. The van der Waals surface area contributed by atoms with E-state index in [1.165, 1.54) is 5.56 Å². The minimum absolute atomic E-state index is 0.232. The van der Waals surface area contributed by atoms with Gasteiger partial charge in [0.15, 0.2) is 0 Å². The summed E-state index contributed by atoms with van der Waals surface area (Å²) in [6.45, 7) is 4.03. The summed E-state index contributed by atoms with van der Waals surface area (Å²) in [7, 11) is 0. The summed E-state index contributed by atoms with van der Waals surface area (Å²) in [5.41, 5.74) is 3.28. The van der Waals surface area contributed by atoms with Crippen LogP contribution in [0.5, 0.6) is 0 Å². The normalized spacial score (nSPS) is 20.7. The van der Waals surface area contributed by atoms with E-state index < -0.39 is 0 Å². The van der Waals surface area contributed by atoms with E-state index in [0.717, 1.165) is 56.8 Å². The molecule has 0 spiro atoms. The topological polar surface area (TPSA) is 58.6 Å². The number of hydrogen-bond donors (Lipinski definition) is 0. The molecule has 2 aromatic heterocycles. The zero-order valence-electron chi connectivity index (χ0n) is 15.6. The van der Waals surface area contributed by atoms with Crippen LogP contribution in [-0.2, 0) is 9.63 Å². The standard InChI is InChI=1S/C21H26N4O2/c26-21(7-13-25-11-1-2-14-27-25)24-12-6-19(16-24)18-5-10-23-20(15-18)17-3-8-22-9-4-17/h3-5,8-10,15,19H,1-2,6-7,11-14,16H2/t19-/m0/s1. The molecular weight excluding hydrogens is 340 g/mol. The molecule has 6 heteroatoms. The molecular formula is C21H26N4O2. The first-order chi connectivity index (χ1) is 13.3. The third-order valence-electron chi connectivity index (χ3n) is 5.42.